The maximum absolute atomic E-state index is 12.3. The predicted octanol–water partition coefficient (Wildman–Crippen LogP) is 5.91. The zero-order valence-electron chi connectivity index (χ0n) is 16.2. The first-order valence-corrected chi connectivity index (χ1v) is 9.85. The van der Waals surface area contributed by atoms with Crippen LogP contribution in [0.2, 0.25) is 5.02 Å². The van der Waals surface area contributed by atoms with Crippen LogP contribution in [0.4, 0.5) is 5.69 Å². The van der Waals surface area contributed by atoms with Gasteiger partial charge in [-0.05, 0) is 47.5 Å². The van der Waals surface area contributed by atoms with E-state index in [2.05, 4.69) is 10.3 Å². The van der Waals surface area contributed by atoms with Crippen molar-refractivity contribution in [1.29, 1.82) is 0 Å². The van der Waals surface area contributed by atoms with E-state index < -0.39 is 11.9 Å². The van der Waals surface area contributed by atoms with Crippen molar-refractivity contribution < 1.29 is 14.7 Å². The van der Waals surface area contributed by atoms with Gasteiger partial charge in [-0.1, -0.05) is 54.1 Å². The van der Waals surface area contributed by atoms with Gasteiger partial charge in [-0.2, -0.15) is 0 Å². The van der Waals surface area contributed by atoms with Gasteiger partial charge in [0.15, 0.2) is 0 Å². The highest BCUT2D eigenvalue weighted by Gasteiger charge is 2.12. The molecule has 0 unspecified atom stereocenters. The fourth-order valence-electron chi connectivity index (χ4n) is 3.30. The third-order valence-corrected chi connectivity index (χ3v) is 4.96. The number of benzene rings is 3. The molecule has 1 aromatic heterocycles. The Labute approximate surface area is 183 Å². The van der Waals surface area contributed by atoms with Gasteiger partial charge in [0.25, 0.3) is 0 Å². The topological polar surface area (TPSA) is 79.3 Å². The molecule has 5 nitrogen and oxygen atoms in total. The number of halogens is 1. The van der Waals surface area contributed by atoms with Crippen molar-refractivity contribution in [3.8, 4) is 11.1 Å². The van der Waals surface area contributed by atoms with Crippen LogP contribution < -0.4 is 5.32 Å². The van der Waals surface area contributed by atoms with E-state index in [9.17, 15) is 14.7 Å². The molecule has 0 aliphatic carbocycles. The summed E-state index contributed by atoms with van der Waals surface area (Å²) in [5, 5.41) is 13.2. The monoisotopic (exact) mass is 428 g/mol. The molecular formula is C25H17ClN2O3. The molecule has 4 aromatic rings. The van der Waals surface area contributed by atoms with E-state index in [-0.39, 0.29) is 16.3 Å². The number of nitrogens with one attached hydrogen (secondary N) is 1. The van der Waals surface area contributed by atoms with Crippen LogP contribution in [-0.2, 0) is 4.79 Å². The number of carboxylic acids is 1. The Bertz CT molecular complexity index is 1330. The highest BCUT2D eigenvalue weighted by molar-refractivity contribution is 6.31. The van der Waals surface area contributed by atoms with Crippen LogP contribution >= 0.6 is 11.6 Å². The number of aromatic nitrogens is 1. The fraction of sp³-hybridized carbons (Fsp3) is 0. The van der Waals surface area contributed by atoms with Crippen molar-refractivity contribution >= 4 is 46.1 Å². The highest BCUT2D eigenvalue weighted by Crippen LogP contribution is 2.28. The maximum atomic E-state index is 12.3. The van der Waals surface area contributed by atoms with Gasteiger partial charge in [0.1, 0.15) is 0 Å². The maximum Gasteiger partial charge on any atom is 0.337 e. The molecule has 0 atom stereocenters. The first-order chi connectivity index (χ1) is 15.0. The number of hydrogen-bond acceptors (Lipinski definition) is 3. The van der Waals surface area contributed by atoms with E-state index in [4.69, 9.17) is 11.6 Å². The van der Waals surface area contributed by atoms with Crippen LogP contribution in [0, 0.1) is 0 Å². The number of fused-ring (bicyclic) bond motifs is 1. The average molecular weight is 429 g/mol. The van der Waals surface area contributed by atoms with Gasteiger partial charge in [-0.15, -0.1) is 0 Å². The Morgan fingerprint density at radius 1 is 0.968 bits per heavy atom. The molecule has 0 bridgehead atoms. The number of para-hydroxylation sites is 1. The SMILES string of the molecule is O=C(/C=C/c1cccc(-c2cccc3cccnc23)c1)Nc1ccc(Cl)cc1C(=O)O. The Morgan fingerprint density at radius 2 is 1.77 bits per heavy atom. The lowest BCUT2D eigenvalue weighted by atomic mass is 10.00. The summed E-state index contributed by atoms with van der Waals surface area (Å²) in [7, 11) is 0. The molecule has 1 heterocycles. The van der Waals surface area contributed by atoms with Crippen molar-refractivity contribution in [2.75, 3.05) is 5.32 Å². The molecule has 0 saturated heterocycles. The zero-order valence-corrected chi connectivity index (χ0v) is 17.0. The van der Waals surface area contributed by atoms with E-state index in [1.54, 1.807) is 12.3 Å². The van der Waals surface area contributed by atoms with Crippen molar-refractivity contribution in [3.63, 3.8) is 0 Å². The number of carbonyl (C=O) groups excluding carboxylic acids is 1. The van der Waals surface area contributed by atoms with Crippen LogP contribution in [-0.4, -0.2) is 22.0 Å². The van der Waals surface area contributed by atoms with Crippen LogP contribution in [0.25, 0.3) is 28.1 Å². The van der Waals surface area contributed by atoms with E-state index in [1.165, 1.54) is 24.3 Å². The molecule has 0 aliphatic heterocycles. The summed E-state index contributed by atoms with van der Waals surface area (Å²) in [6.45, 7) is 0. The lowest BCUT2D eigenvalue weighted by Gasteiger charge is -2.08. The van der Waals surface area contributed by atoms with Crippen molar-refractivity contribution in [2.45, 2.75) is 0 Å². The molecule has 0 spiro atoms. The minimum absolute atomic E-state index is 0.0697. The summed E-state index contributed by atoms with van der Waals surface area (Å²) >= 11 is 5.85. The summed E-state index contributed by atoms with van der Waals surface area (Å²) in [5.74, 6) is -1.61. The smallest absolute Gasteiger partial charge is 0.337 e. The third-order valence-electron chi connectivity index (χ3n) is 4.73. The Morgan fingerprint density at radius 3 is 2.61 bits per heavy atom. The number of aromatic carboxylic acids is 1. The molecule has 1 amide bonds. The summed E-state index contributed by atoms with van der Waals surface area (Å²) in [5.41, 5.74) is 3.84. The second-order valence-corrected chi connectivity index (χ2v) is 7.26. The largest absolute Gasteiger partial charge is 0.478 e. The number of hydrogen-bond donors (Lipinski definition) is 2. The van der Waals surface area contributed by atoms with Gasteiger partial charge in [0.2, 0.25) is 5.91 Å². The van der Waals surface area contributed by atoms with E-state index >= 15 is 0 Å². The molecule has 6 heteroatoms. The molecular weight excluding hydrogens is 412 g/mol. The van der Waals surface area contributed by atoms with Crippen LogP contribution in [0.5, 0.6) is 0 Å². The normalized spacial score (nSPS) is 11.0. The van der Waals surface area contributed by atoms with Gasteiger partial charge in [0.05, 0.1) is 16.8 Å². The number of anilines is 1. The van der Waals surface area contributed by atoms with Crippen LogP contribution in [0.15, 0.2) is 85.1 Å². The molecule has 152 valence electrons. The van der Waals surface area contributed by atoms with Crippen molar-refractivity contribution in [2.24, 2.45) is 0 Å². The highest BCUT2D eigenvalue weighted by atomic mass is 35.5. The minimum Gasteiger partial charge on any atom is -0.478 e. The molecule has 31 heavy (non-hydrogen) atoms. The second kappa shape index (κ2) is 8.81. The standard InChI is InChI=1S/C25H17ClN2O3/c26-19-10-11-22(21(15-19)25(30)31)28-23(29)12-9-16-4-1-6-18(14-16)20-8-2-5-17-7-3-13-27-24(17)20/h1-15H,(H,28,29)(H,30,31)/b12-9+. The number of carboxylic acid groups (broad SMARTS) is 1. The fourth-order valence-corrected chi connectivity index (χ4v) is 3.47. The number of rotatable bonds is 5. The summed E-state index contributed by atoms with van der Waals surface area (Å²) in [4.78, 5) is 28.2. The van der Waals surface area contributed by atoms with Gasteiger partial charge >= 0.3 is 5.97 Å². The lowest BCUT2D eigenvalue weighted by Crippen LogP contribution is -2.12. The first kappa shape index (κ1) is 20.3. The Hall–Kier alpha value is -3.96. The summed E-state index contributed by atoms with van der Waals surface area (Å²) in [6, 6.07) is 22.0. The molecule has 0 radical (unpaired) electrons. The quantitative estimate of drug-likeness (QED) is 0.387. The molecule has 2 N–H and O–H groups in total. The van der Waals surface area contributed by atoms with Crippen LogP contribution in [0.3, 0.4) is 0 Å². The number of amides is 1. The van der Waals surface area contributed by atoms with Crippen molar-refractivity contribution in [1.82, 2.24) is 4.98 Å². The summed E-state index contributed by atoms with van der Waals surface area (Å²) < 4.78 is 0. The van der Waals surface area contributed by atoms with Gasteiger partial charge in [-0.25, -0.2) is 4.79 Å². The number of nitrogens with zero attached hydrogens (tertiary/aromatic N) is 1. The first-order valence-electron chi connectivity index (χ1n) is 9.47. The zero-order chi connectivity index (χ0) is 21.8. The van der Waals surface area contributed by atoms with Crippen molar-refractivity contribution in [3.05, 3.63) is 101 Å². The van der Waals surface area contributed by atoms with Crippen LogP contribution in [0.1, 0.15) is 15.9 Å². The van der Waals surface area contributed by atoms with Gasteiger partial charge in [-0.3, -0.25) is 9.78 Å². The molecule has 0 saturated carbocycles. The third kappa shape index (κ3) is 4.63. The molecule has 0 aliphatic rings. The average Bonchev–Trinajstić information content (AvgIpc) is 2.78. The van der Waals surface area contributed by atoms with Gasteiger partial charge < -0.3 is 10.4 Å². The predicted molar refractivity (Wildman–Crippen MR) is 123 cm³/mol. The Kier molecular flexibility index (Phi) is 5.78. The summed E-state index contributed by atoms with van der Waals surface area (Å²) in [6.07, 6.45) is 4.80. The van der Waals surface area contributed by atoms with Gasteiger partial charge in [0, 0.05) is 28.2 Å². The molecule has 3 aromatic carbocycles. The van der Waals surface area contributed by atoms with E-state index in [1.807, 2.05) is 54.6 Å². The molecule has 4 rings (SSSR count). The van der Waals surface area contributed by atoms with E-state index in [0.717, 1.165) is 27.6 Å². The minimum atomic E-state index is -1.17. The number of carbonyl (C=O) groups is 2. The molecule has 0 fully saturated rings. The number of pyridine rings is 1. The Balaban J connectivity index is 1.57. The van der Waals surface area contributed by atoms with E-state index in [0.29, 0.717) is 0 Å². The second-order valence-electron chi connectivity index (χ2n) is 6.82. The lowest BCUT2D eigenvalue weighted by molar-refractivity contribution is -0.111.